The summed E-state index contributed by atoms with van der Waals surface area (Å²) in [5.41, 5.74) is 4.81. The highest BCUT2D eigenvalue weighted by molar-refractivity contribution is 7.99. The molecule has 1 aliphatic rings. The number of aromatic nitrogens is 2. The Bertz CT molecular complexity index is 933. The summed E-state index contributed by atoms with van der Waals surface area (Å²) < 4.78 is 2.08. The van der Waals surface area contributed by atoms with Crippen LogP contribution in [0.3, 0.4) is 0 Å². The van der Waals surface area contributed by atoms with Gasteiger partial charge in [-0.2, -0.15) is 11.3 Å². The van der Waals surface area contributed by atoms with Gasteiger partial charge in [-0.1, -0.05) is 23.9 Å². The molecular weight excluding hydrogens is 374 g/mol. The van der Waals surface area contributed by atoms with Crippen molar-refractivity contribution in [3.05, 3.63) is 64.1 Å². The fraction of sp³-hybridized carbons (Fsp3) is 0.333. The number of benzene rings is 1. The van der Waals surface area contributed by atoms with Crippen LogP contribution in [0.2, 0.25) is 0 Å². The lowest BCUT2D eigenvalue weighted by Gasteiger charge is -2.24. The zero-order valence-electron chi connectivity index (χ0n) is 15.6. The van der Waals surface area contributed by atoms with Gasteiger partial charge in [-0.3, -0.25) is 9.36 Å². The summed E-state index contributed by atoms with van der Waals surface area (Å²) in [6.07, 6.45) is 5.91. The summed E-state index contributed by atoms with van der Waals surface area (Å²) in [5, 5.41) is 5.12. The zero-order valence-corrected chi connectivity index (χ0v) is 17.2. The molecule has 4 nitrogen and oxygen atoms in total. The van der Waals surface area contributed by atoms with Crippen molar-refractivity contribution < 1.29 is 4.79 Å². The number of nitrogens with zero attached hydrogens (tertiary/aromatic N) is 3. The molecule has 1 unspecified atom stereocenters. The zero-order chi connectivity index (χ0) is 18.8. The molecule has 1 atom stereocenters. The van der Waals surface area contributed by atoms with E-state index in [0.29, 0.717) is 5.75 Å². The quantitative estimate of drug-likeness (QED) is 0.568. The first-order chi connectivity index (χ1) is 13.1. The molecule has 6 heteroatoms. The molecule has 1 amide bonds. The molecule has 3 aromatic rings. The summed E-state index contributed by atoms with van der Waals surface area (Å²) in [4.78, 5) is 19.4. The Morgan fingerprint density at radius 1 is 1.33 bits per heavy atom. The van der Waals surface area contributed by atoms with E-state index in [1.54, 1.807) is 17.5 Å². The maximum absolute atomic E-state index is 12.9. The number of thiophene rings is 1. The van der Waals surface area contributed by atoms with Crippen molar-refractivity contribution >= 4 is 29.0 Å². The number of hydrogen-bond donors (Lipinski definition) is 0. The third-order valence-corrected chi connectivity index (χ3v) is 6.71. The number of rotatable bonds is 5. The number of thioether (sulfide) groups is 1. The SMILES string of the molecule is Cc1ccc(C)c(-n2ccnc2SCC(=O)N2CCCC2c2ccsc2)c1. The molecule has 3 heterocycles. The van der Waals surface area contributed by atoms with Gasteiger partial charge >= 0.3 is 0 Å². The van der Waals surface area contributed by atoms with E-state index in [-0.39, 0.29) is 11.9 Å². The molecule has 1 aliphatic heterocycles. The van der Waals surface area contributed by atoms with E-state index in [9.17, 15) is 4.79 Å². The molecule has 0 spiro atoms. The Morgan fingerprint density at radius 2 is 2.22 bits per heavy atom. The molecule has 1 aromatic carbocycles. The smallest absolute Gasteiger partial charge is 0.233 e. The highest BCUT2D eigenvalue weighted by Crippen LogP contribution is 2.34. The predicted octanol–water partition coefficient (Wildman–Crippen LogP) is 5.01. The highest BCUT2D eigenvalue weighted by Gasteiger charge is 2.30. The Morgan fingerprint density at radius 3 is 3.04 bits per heavy atom. The fourth-order valence-electron chi connectivity index (χ4n) is 3.64. The first-order valence-corrected chi connectivity index (χ1v) is 11.1. The number of hydrogen-bond acceptors (Lipinski definition) is 4. The first-order valence-electron chi connectivity index (χ1n) is 9.19. The van der Waals surface area contributed by atoms with Crippen molar-refractivity contribution in [3.63, 3.8) is 0 Å². The average Bonchev–Trinajstić information content (AvgIpc) is 3.41. The molecule has 0 aliphatic carbocycles. The molecular formula is C21H23N3OS2. The second kappa shape index (κ2) is 7.90. The lowest BCUT2D eigenvalue weighted by Crippen LogP contribution is -2.31. The number of aryl methyl sites for hydroxylation is 2. The van der Waals surface area contributed by atoms with Gasteiger partial charge in [0, 0.05) is 18.9 Å². The lowest BCUT2D eigenvalue weighted by atomic mass is 10.1. The van der Waals surface area contributed by atoms with E-state index in [4.69, 9.17) is 0 Å². The Kier molecular flexibility index (Phi) is 5.36. The van der Waals surface area contributed by atoms with E-state index in [2.05, 4.69) is 58.4 Å². The molecule has 27 heavy (non-hydrogen) atoms. The van der Waals surface area contributed by atoms with Crippen molar-refractivity contribution in [2.75, 3.05) is 12.3 Å². The fourth-order valence-corrected chi connectivity index (χ4v) is 5.20. The van der Waals surface area contributed by atoms with Crippen LogP contribution in [0, 0.1) is 13.8 Å². The Labute approximate surface area is 168 Å². The molecule has 0 bridgehead atoms. The van der Waals surface area contributed by atoms with Crippen LogP contribution in [0.1, 0.15) is 35.6 Å². The monoisotopic (exact) mass is 397 g/mol. The number of imidazole rings is 1. The van der Waals surface area contributed by atoms with Gasteiger partial charge in [0.25, 0.3) is 0 Å². The van der Waals surface area contributed by atoms with Crippen LogP contribution >= 0.6 is 23.1 Å². The van der Waals surface area contributed by atoms with Crippen LogP contribution in [0.25, 0.3) is 5.69 Å². The predicted molar refractivity (Wildman–Crippen MR) is 112 cm³/mol. The maximum Gasteiger partial charge on any atom is 0.233 e. The first kappa shape index (κ1) is 18.3. The summed E-state index contributed by atoms with van der Waals surface area (Å²) in [6, 6.07) is 8.78. The number of carbonyl (C=O) groups is 1. The average molecular weight is 398 g/mol. The van der Waals surface area contributed by atoms with Crippen molar-refractivity contribution in [2.45, 2.75) is 37.9 Å². The van der Waals surface area contributed by atoms with Gasteiger partial charge in [0.1, 0.15) is 0 Å². The summed E-state index contributed by atoms with van der Waals surface area (Å²) in [7, 11) is 0. The third kappa shape index (κ3) is 3.82. The standard InChI is InChI=1S/C21H23N3OS2/c1-15-5-6-16(2)19(12-15)24-10-8-22-21(24)27-14-20(25)23-9-3-4-18(23)17-7-11-26-13-17/h5-8,10-13,18H,3-4,9,14H2,1-2H3. The molecule has 0 N–H and O–H groups in total. The second-order valence-electron chi connectivity index (χ2n) is 6.96. The minimum absolute atomic E-state index is 0.198. The van der Waals surface area contributed by atoms with Gasteiger partial charge < -0.3 is 4.90 Å². The molecule has 4 rings (SSSR count). The summed E-state index contributed by atoms with van der Waals surface area (Å²) in [5.74, 6) is 0.618. The Balaban J connectivity index is 1.47. The number of carbonyl (C=O) groups excluding carboxylic acids is 1. The minimum atomic E-state index is 0.198. The molecule has 2 aromatic heterocycles. The topological polar surface area (TPSA) is 38.1 Å². The Hall–Kier alpha value is -2.05. The van der Waals surface area contributed by atoms with E-state index in [1.165, 1.54) is 28.5 Å². The highest BCUT2D eigenvalue weighted by atomic mass is 32.2. The summed E-state index contributed by atoms with van der Waals surface area (Å²) >= 11 is 3.22. The van der Waals surface area contributed by atoms with E-state index in [0.717, 1.165) is 30.2 Å². The van der Waals surface area contributed by atoms with Gasteiger partial charge in [0.05, 0.1) is 17.5 Å². The van der Waals surface area contributed by atoms with Gasteiger partial charge in [0.15, 0.2) is 5.16 Å². The van der Waals surface area contributed by atoms with E-state index in [1.807, 2.05) is 11.1 Å². The van der Waals surface area contributed by atoms with E-state index >= 15 is 0 Å². The van der Waals surface area contributed by atoms with Gasteiger partial charge in [-0.25, -0.2) is 4.98 Å². The largest absolute Gasteiger partial charge is 0.335 e. The van der Waals surface area contributed by atoms with E-state index < -0.39 is 0 Å². The lowest BCUT2D eigenvalue weighted by molar-refractivity contribution is -0.129. The number of amides is 1. The van der Waals surface area contributed by atoms with Crippen molar-refractivity contribution in [3.8, 4) is 5.69 Å². The maximum atomic E-state index is 12.9. The van der Waals surface area contributed by atoms with Crippen LogP contribution < -0.4 is 0 Å². The van der Waals surface area contributed by atoms with Crippen molar-refractivity contribution in [1.82, 2.24) is 14.5 Å². The molecule has 1 fully saturated rings. The summed E-state index contributed by atoms with van der Waals surface area (Å²) in [6.45, 7) is 5.05. The van der Waals surface area contributed by atoms with Crippen LogP contribution in [-0.4, -0.2) is 32.7 Å². The van der Waals surface area contributed by atoms with Crippen LogP contribution in [0.4, 0.5) is 0 Å². The molecule has 0 saturated carbocycles. The van der Waals surface area contributed by atoms with Crippen LogP contribution in [0.15, 0.2) is 52.6 Å². The van der Waals surface area contributed by atoms with Crippen LogP contribution in [0.5, 0.6) is 0 Å². The van der Waals surface area contributed by atoms with Crippen molar-refractivity contribution in [2.24, 2.45) is 0 Å². The van der Waals surface area contributed by atoms with Gasteiger partial charge in [-0.05, 0) is 66.3 Å². The third-order valence-electron chi connectivity index (χ3n) is 5.06. The molecule has 1 saturated heterocycles. The van der Waals surface area contributed by atoms with Gasteiger partial charge in [0.2, 0.25) is 5.91 Å². The molecule has 140 valence electrons. The minimum Gasteiger partial charge on any atom is -0.335 e. The van der Waals surface area contributed by atoms with Crippen LogP contribution in [-0.2, 0) is 4.79 Å². The van der Waals surface area contributed by atoms with Gasteiger partial charge in [-0.15, -0.1) is 0 Å². The normalized spacial score (nSPS) is 16.8. The molecule has 0 radical (unpaired) electrons. The number of likely N-dealkylation sites (tertiary alicyclic amines) is 1. The second-order valence-corrected chi connectivity index (χ2v) is 8.68. The van der Waals surface area contributed by atoms with Crippen molar-refractivity contribution in [1.29, 1.82) is 0 Å².